The molecule has 3 heterocycles. The van der Waals surface area contributed by atoms with E-state index in [9.17, 15) is 4.79 Å². The fraction of sp³-hybridized carbons (Fsp3) is 0.261. The lowest BCUT2D eigenvalue weighted by Crippen LogP contribution is -2.35. The highest BCUT2D eigenvalue weighted by molar-refractivity contribution is 6.08. The lowest BCUT2D eigenvalue weighted by Gasteiger charge is -2.34. The second kappa shape index (κ2) is 7.70. The Labute approximate surface area is 161 Å². The zero-order chi connectivity index (χ0) is 18.6. The van der Waals surface area contributed by atoms with Crippen LogP contribution in [0.15, 0.2) is 66.9 Å². The van der Waals surface area contributed by atoms with Gasteiger partial charge in [-0.2, -0.15) is 0 Å². The molecular weight excluding hydrogens is 334 g/mol. The average Bonchev–Trinajstić information content (AvgIpc) is 2.74. The SMILES string of the molecule is Cc1ncccc1C(=O)c1cccc(N2CCC[C@H](c3ccccc3)C2)n1.[HH]. The third-order valence-corrected chi connectivity index (χ3v) is 5.23. The van der Waals surface area contributed by atoms with Gasteiger partial charge in [0.15, 0.2) is 0 Å². The number of rotatable bonds is 4. The molecule has 0 aliphatic carbocycles. The van der Waals surface area contributed by atoms with Crippen molar-refractivity contribution in [1.29, 1.82) is 0 Å². The van der Waals surface area contributed by atoms with Crippen molar-refractivity contribution in [2.24, 2.45) is 0 Å². The fourth-order valence-electron chi connectivity index (χ4n) is 3.77. The number of nitrogens with zero attached hydrogens (tertiary/aromatic N) is 3. The quantitative estimate of drug-likeness (QED) is 0.636. The van der Waals surface area contributed by atoms with Crippen LogP contribution in [0.2, 0.25) is 0 Å². The maximum Gasteiger partial charge on any atom is 0.213 e. The molecule has 1 atom stereocenters. The highest BCUT2D eigenvalue weighted by atomic mass is 16.1. The zero-order valence-electron chi connectivity index (χ0n) is 15.5. The van der Waals surface area contributed by atoms with Crippen LogP contribution < -0.4 is 4.90 Å². The van der Waals surface area contributed by atoms with Crippen LogP contribution in [0.3, 0.4) is 0 Å². The number of hydrogen-bond acceptors (Lipinski definition) is 4. The molecule has 0 radical (unpaired) electrons. The topological polar surface area (TPSA) is 46.1 Å². The van der Waals surface area contributed by atoms with Gasteiger partial charge < -0.3 is 4.90 Å². The first-order chi connectivity index (χ1) is 13.2. The van der Waals surface area contributed by atoms with Crippen LogP contribution in [0, 0.1) is 6.92 Å². The average molecular weight is 359 g/mol. The van der Waals surface area contributed by atoms with Crippen LogP contribution in [0.4, 0.5) is 5.82 Å². The van der Waals surface area contributed by atoms with E-state index in [1.54, 1.807) is 18.3 Å². The summed E-state index contributed by atoms with van der Waals surface area (Å²) >= 11 is 0. The van der Waals surface area contributed by atoms with Gasteiger partial charge in [0.2, 0.25) is 5.78 Å². The van der Waals surface area contributed by atoms with E-state index in [-0.39, 0.29) is 7.21 Å². The maximum absolute atomic E-state index is 12.9. The maximum atomic E-state index is 12.9. The number of aromatic nitrogens is 2. The largest absolute Gasteiger partial charge is 0.356 e. The molecule has 1 aromatic carbocycles. The first-order valence-corrected chi connectivity index (χ1v) is 9.45. The molecule has 4 rings (SSSR count). The van der Waals surface area contributed by atoms with Gasteiger partial charge in [0.1, 0.15) is 11.5 Å². The molecule has 0 N–H and O–H groups in total. The molecule has 2 aromatic heterocycles. The highest BCUT2D eigenvalue weighted by Gasteiger charge is 2.23. The van der Waals surface area contributed by atoms with E-state index in [1.807, 2.05) is 25.1 Å². The Kier molecular flexibility index (Phi) is 4.97. The normalized spacial score (nSPS) is 16.9. The second-order valence-electron chi connectivity index (χ2n) is 7.04. The Morgan fingerprint density at radius 3 is 2.74 bits per heavy atom. The monoisotopic (exact) mass is 359 g/mol. The Hall–Kier alpha value is -3.01. The van der Waals surface area contributed by atoms with E-state index in [0.29, 0.717) is 17.2 Å². The lowest BCUT2D eigenvalue weighted by atomic mass is 9.90. The molecule has 0 saturated carbocycles. The van der Waals surface area contributed by atoms with Crippen molar-refractivity contribution in [2.75, 3.05) is 18.0 Å². The minimum atomic E-state index is -0.0703. The predicted octanol–water partition coefficient (Wildman–Crippen LogP) is 4.65. The van der Waals surface area contributed by atoms with Gasteiger partial charge in [0.25, 0.3) is 0 Å². The summed E-state index contributed by atoms with van der Waals surface area (Å²) in [5.41, 5.74) is 3.20. The number of piperidine rings is 1. The van der Waals surface area contributed by atoms with Gasteiger partial charge in [-0.3, -0.25) is 9.78 Å². The molecule has 1 aliphatic heterocycles. The number of hydrogen-bond donors (Lipinski definition) is 0. The number of ketones is 1. The lowest BCUT2D eigenvalue weighted by molar-refractivity contribution is 0.103. The summed E-state index contributed by atoms with van der Waals surface area (Å²) in [4.78, 5) is 24.1. The summed E-state index contributed by atoms with van der Waals surface area (Å²) in [5.74, 6) is 1.31. The molecular formula is C23H25N3O. The predicted molar refractivity (Wildman–Crippen MR) is 109 cm³/mol. The van der Waals surface area contributed by atoms with Gasteiger partial charge in [0.05, 0.1) is 0 Å². The van der Waals surface area contributed by atoms with Crippen LogP contribution in [0.25, 0.3) is 0 Å². The standard InChI is InChI=1S/C23H23N3O.H2/c1-17-20(11-6-14-24-17)23(27)21-12-5-13-22(25-21)26-15-7-10-19(16-26)18-8-3-2-4-9-18;/h2-6,8-9,11-14,19H,7,10,15-16H2,1H3;1H/t19-;/m0./s1. The fourth-order valence-corrected chi connectivity index (χ4v) is 3.77. The number of anilines is 1. The van der Waals surface area contributed by atoms with Crippen molar-refractivity contribution in [2.45, 2.75) is 25.7 Å². The molecule has 0 spiro atoms. The van der Waals surface area contributed by atoms with Gasteiger partial charge >= 0.3 is 0 Å². The van der Waals surface area contributed by atoms with Gasteiger partial charge in [0, 0.05) is 37.9 Å². The zero-order valence-corrected chi connectivity index (χ0v) is 15.5. The Morgan fingerprint density at radius 2 is 1.93 bits per heavy atom. The molecule has 1 saturated heterocycles. The van der Waals surface area contributed by atoms with Crippen LogP contribution in [0.1, 0.15) is 47.5 Å². The third-order valence-electron chi connectivity index (χ3n) is 5.23. The van der Waals surface area contributed by atoms with Crippen LogP contribution >= 0.6 is 0 Å². The molecule has 0 amide bonds. The summed E-state index contributed by atoms with van der Waals surface area (Å²) in [7, 11) is 0. The molecule has 1 fully saturated rings. The van der Waals surface area contributed by atoms with E-state index in [4.69, 9.17) is 4.98 Å². The van der Waals surface area contributed by atoms with Crippen molar-refractivity contribution in [1.82, 2.24) is 9.97 Å². The molecule has 3 aromatic rings. The molecule has 0 bridgehead atoms. The summed E-state index contributed by atoms with van der Waals surface area (Å²) in [6.07, 6.45) is 4.02. The van der Waals surface area contributed by atoms with Gasteiger partial charge in [-0.05, 0) is 49.6 Å². The number of benzene rings is 1. The number of carbonyl (C=O) groups is 1. The highest BCUT2D eigenvalue weighted by Crippen LogP contribution is 2.29. The van der Waals surface area contributed by atoms with E-state index < -0.39 is 0 Å². The Morgan fingerprint density at radius 1 is 1.07 bits per heavy atom. The Balaban J connectivity index is 0.00000225. The van der Waals surface area contributed by atoms with E-state index in [2.05, 4.69) is 40.2 Å². The summed E-state index contributed by atoms with van der Waals surface area (Å²) < 4.78 is 0. The molecule has 138 valence electrons. The summed E-state index contributed by atoms with van der Waals surface area (Å²) in [5, 5.41) is 0. The first kappa shape index (κ1) is 17.4. The Bertz CT molecular complexity index is 945. The minimum absolute atomic E-state index is 0. The van der Waals surface area contributed by atoms with Crippen LogP contribution in [-0.4, -0.2) is 28.8 Å². The van der Waals surface area contributed by atoms with Crippen molar-refractivity contribution in [3.05, 3.63) is 89.4 Å². The van der Waals surface area contributed by atoms with E-state index in [0.717, 1.165) is 31.0 Å². The molecule has 1 aliphatic rings. The second-order valence-corrected chi connectivity index (χ2v) is 7.04. The summed E-state index contributed by atoms with van der Waals surface area (Å²) in [6, 6.07) is 20.0. The molecule has 4 nitrogen and oxygen atoms in total. The van der Waals surface area contributed by atoms with Crippen LogP contribution in [0.5, 0.6) is 0 Å². The smallest absolute Gasteiger partial charge is 0.213 e. The van der Waals surface area contributed by atoms with E-state index in [1.165, 1.54) is 12.0 Å². The third kappa shape index (κ3) is 3.75. The summed E-state index contributed by atoms with van der Waals surface area (Å²) in [6.45, 7) is 3.76. The minimum Gasteiger partial charge on any atom is -0.356 e. The van der Waals surface area contributed by atoms with E-state index >= 15 is 0 Å². The molecule has 4 heteroatoms. The number of pyridine rings is 2. The molecule has 0 unspecified atom stereocenters. The van der Waals surface area contributed by atoms with Crippen molar-refractivity contribution < 1.29 is 6.22 Å². The number of aryl methyl sites for hydroxylation is 1. The first-order valence-electron chi connectivity index (χ1n) is 9.45. The van der Waals surface area contributed by atoms with Crippen molar-refractivity contribution in [3.63, 3.8) is 0 Å². The van der Waals surface area contributed by atoms with Gasteiger partial charge in [-0.15, -0.1) is 0 Å². The number of carbonyl (C=O) groups excluding carboxylic acids is 1. The van der Waals surface area contributed by atoms with Crippen LogP contribution in [-0.2, 0) is 0 Å². The van der Waals surface area contributed by atoms with Gasteiger partial charge in [-0.1, -0.05) is 36.4 Å². The van der Waals surface area contributed by atoms with Crippen molar-refractivity contribution in [3.8, 4) is 0 Å². The van der Waals surface area contributed by atoms with Crippen molar-refractivity contribution >= 4 is 11.6 Å². The molecule has 27 heavy (non-hydrogen) atoms. The van der Waals surface area contributed by atoms with Gasteiger partial charge in [-0.25, -0.2) is 4.98 Å².